The summed E-state index contributed by atoms with van der Waals surface area (Å²) in [4.78, 5) is 63.4. The standard InChI is InChI=1S/C23H33N5O6S/c1-12(2)19(27-20(30)15(24)11-35)22(32)28-10-14-6-4-3-5-13(14)9-17(28)21(31)26-16(23(33)34)7-8-18(25)29/h3-6,12,15-17,19,35H,7-11,24H2,1-2H3,(H2,25,29)(H,26,31)(H,27,30)(H,33,34)/t15-,16-,17?,19-/m0/s1. The maximum atomic E-state index is 13.6. The van der Waals surface area contributed by atoms with E-state index in [0.717, 1.165) is 11.1 Å². The van der Waals surface area contributed by atoms with Crippen LogP contribution in [-0.4, -0.2) is 69.5 Å². The van der Waals surface area contributed by atoms with E-state index in [9.17, 15) is 29.1 Å². The van der Waals surface area contributed by atoms with Crippen LogP contribution in [0, 0.1) is 5.92 Å². The molecule has 1 aromatic carbocycles. The van der Waals surface area contributed by atoms with Crippen LogP contribution in [0.1, 0.15) is 37.8 Å². The number of carboxylic acids is 1. The molecule has 0 saturated carbocycles. The maximum absolute atomic E-state index is 13.6. The number of rotatable bonds is 11. The van der Waals surface area contributed by atoms with Crippen LogP contribution in [0.3, 0.4) is 0 Å². The Morgan fingerprint density at radius 3 is 2.31 bits per heavy atom. The summed E-state index contributed by atoms with van der Waals surface area (Å²) in [5, 5.41) is 14.6. The van der Waals surface area contributed by atoms with E-state index >= 15 is 0 Å². The summed E-state index contributed by atoms with van der Waals surface area (Å²) in [6.45, 7) is 3.61. The zero-order chi connectivity index (χ0) is 26.3. The number of nitrogens with one attached hydrogen (secondary N) is 2. The third-order valence-corrected chi connectivity index (χ3v) is 6.29. The van der Waals surface area contributed by atoms with Crippen molar-refractivity contribution in [1.29, 1.82) is 0 Å². The second-order valence-corrected chi connectivity index (χ2v) is 9.24. The Balaban J connectivity index is 2.35. The van der Waals surface area contributed by atoms with Gasteiger partial charge in [0, 0.05) is 25.1 Å². The van der Waals surface area contributed by atoms with Gasteiger partial charge in [-0.1, -0.05) is 38.1 Å². The van der Waals surface area contributed by atoms with Crippen LogP contribution in [0.2, 0.25) is 0 Å². The van der Waals surface area contributed by atoms with Crippen molar-refractivity contribution in [3.8, 4) is 0 Å². The topological polar surface area (TPSA) is 185 Å². The Morgan fingerprint density at radius 2 is 1.77 bits per heavy atom. The van der Waals surface area contributed by atoms with Crippen LogP contribution in [-0.2, 0) is 36.9 Å². The zero-order valence-corrected chi connectivity index (χ0v) is 20.7. The van der Waals surface area contributed by atoms with Gasteiger partial charge in [-0.3, -0.25) is 19.2 Å². The van der Waals surface area contributed by atoms with E-state index in [2.05, 4.69) is 23.3 Å². The van der Waals surface area contributed by atoms with Gasteiger partial charge in [0.1, 0.15) is 18.1 Å². The molecule has 35 heavy (non-hydrogen) atoms. The molecule has 0 saturated heterocycles. The van der Waals surface area contributed by atoms with E-state index in [1.807, 2.05) is 24.3 Å². The molecule has 4 amide bonds. The van der Waals surface area contributed by atoms with Crippen LogP contribution in [0.15, 0.2) is 24.3 Å². The number of hydrogen-bond acceptors (Lipinski definition) is 7. The molecule has 12 heteroatoms. The second kappa shape index (κ2) is 12.5. The number of amides is 4. The molecule has 7 N–H and O–H groups in total. The number of hydrogen-bond donors (Lipinski definition) is 6. The number of carbonyl (C=O) groups excluding carboxylic acids is 4. The van der Waals surface area contributed by atoms with Gasteiger partial charge in [-0.25, -0.2) is 4.79 Å². The van der Waals surface area contributed by atoms with Gasteiger partial charge >= 0.3 is 5.97 Å². The molecule has 1 heterocycles. The molecule has 192 valence electrons. The first-order valence-electron chi connectivity index (χ1n) is 11.3. The minimum atomic E-state index is -1.35. The Labute approximate surface area is 209 Å². The Kier molecular flexibility index (Phi) is 10.1. The molecule has 1 aliphatic heterocycles. The monoisotopic (exact) mass is 507 g/mol. The molecular formula is C23H33N5O6S. The predicted molar refractivity (Wildman–Crippen MR) is 131 cm³/mol. The number of nitrogens with zero attached hydrogens (tertiary/aromatic N) is 1. The summed E-state index contributed by atoms with van der Waals surface area (Å²) >= 11 is 4.02. The molecule has 11 nitrogen and oxygen atoms in total. The van der Waals surface area contributed by atoms with Gasteiger partial charge in [0.05, 0.1) is 6.04 Å². The summed E-state index contributed by atoms with van der Waals surface area (Å²) in [5.74, 6) is -3.94. The first kappa shape index (κ1) is 28.1. The normalized spacial score (nSPS) is 17.6. The van der Waals surface area contributed by atoms with Crippen molar-refractivity contribution in [1.82, 2.24) is 15.5 Å². The number of primary amides is 1. The zero-order valence-electron chi connectivity index (χ0n) is 19.8. The van der Waals surface area contributed by atoms with Crippen LogP contribution >= 0.6 is 12.6 Å². The summed E-state index contributed by atoms with van der Waals surface area (Å²) in [6, 6.07) is 3.08. The summed E-state index contributed by atoms with van der Waals surface area (Å²) in [5.41, 5.74) is 12.6. The Morgan fingerprint density at radius 1 is 1.14 bits per heavy atom. The van der Waals surface area contributed by atoms with Crippen LogP contribution in [0.5, 0.6) is 0 Å². The van der Waals surface area contributed by atoms with Crippen LogP contribution < -0.4 is 22.1 Å². The van der Waals surface area contributed by atoms with Crippen LogP contribution in [0.25, 0.3) is 0 Å². The summed E-state index contributed by atoms with van der Waals surface area (Å²) < 4.78 is 0. The molecule has 1 aromatic rings. The van der Waals surface area contributed by atoms with E-state index in [4.69, 9.17) is 11.5 Å². The fourth-order valence-corrected chi connectivity index (χ4v) is 4.00. The second-order valence-electron chi connectivity index (χ2n) is 8.88. The van der Waals surface area contributed by atoms with Crippen molar-refractivity contribution < 1.29 is 29.1 Å². The molecule has 0 aliphatic carbocycles. The lowest BCUT2D eigenvalue weighted by Crippen LogP contribution is -2.61. The minimum absolute atomic E-state index is 0.0921. The molecule has 0 fully saturated rings. The number of nitrogens with two attached hydrogens (primary N) is 2. The highest BCUT2D eigenvalue weighted by atomic mass is 32.1. The SMILES string of the molecule is CC(C)[C@H](NC(=O)[C@@H](N)CS)C(=O)N1Cc2ccccc2CC1C(=O)N[C@@H](CCC(N)=O)C(=O)O. The highest BCUT2D eigenvalue weighted by molar-refractivity contribution is 7.80. The lowest BCUT2D eigenvalue weighted by Gasteiger charge is -2.39. The van der Waals surface area contributed by atoms with Gasteiger partial charge in [0.15, 0.2) is 0 Å². The molecule has 0 aromatic heterocycles. The average Bonchev–Trinajstić information content (AvgIpc) is 2.82. The number of thiol groups is 1. The molecule has 0 radical (unpaired) electrons. The van der Waals surface area contributed by atoms with E-state index in [0.29, 0.717) is 0 Å². The van der Waals surface area contributed by atoms with Gasteiger partial charge in [0.2, 0.25) is 23.6 Å². The molecule has 0 spiro atoms. The third kappa shape index (κ3) is 7.43. The minimum Gasteiger partial charge on any atom is -0.480 e. The van der Waals surface area contributed by atoms with Crippen molar-refractivity contribution in [2.75, 3.05) is 5.75 Å². The van der Waals surface area contributed by atoms with E-state index in [-0.39, 0.29) is 37.5 Å². The molecule has 4 atom stereocenters. The van der Waals surface area contributed by atoms with Crippen molar-refractivity contribution in [3.63, 3.8) is 0 Å². The smallest absolute Gasteiger partial charge is 0.326 e. The lowest BCUT2D eigenvalue weighted by atomic mass is 9.91. The largest absolute Gasteiger partial charge is 0.480 e. The fourth-order valence-electron chi connectivity index (χ4n) is 3.84. The first-order valence-corrected chi connectivity index (χ1v) is 11.9. The Hall–Kier alpha value is -3.12. The highest BCUT2D eigenvalue weighted by Gasteiger charge is 2.40. The number of carbonyl (C=O) groups is 5. The first-order chi connectivity index (χ1) is 16.5. The highest BCUT2D eigenvalue weighted by Crippen LogP contribution is 2.25. The number of benzene rings is 1. The molecule has 1 unspecified atom stereocenters. The fraction of sp³-hybridized carbons (Fsp3) is 0.522. The number of aliphatic carboxylic acids is 1. The molecule has 0 bridgehead atoms. The van der Waals surface area contributed by atoms with Crippen molar-refractivity contribution >= 4 is 42.2 Å². The van der Waals surface area contributed by atoms with Gasteiger partial charge in [-0.2, -0.15) is 12.6 Å². The van der Waals surface area contributed by atoms with E-state index < -0.39 is 53.8 Å². The van der Waals surface area contributed by atoms with Crippen molar-refractivity contribution in [2.45, 2.75) is 63.8 Å². The predicted octanol–water partition coefficient (Wildman–Crippen LogP) is -0.827. The van der Waals surface area contributed by atoms with Gasteiger partial charge in [0.25, 0.3) is 0 Å². The third-order valence-electron chi connectivity index (χ3n) is 5.89. The summed E-state index contributed by atoms with van der Waals surface area (Å²) in [7, 11) is 0. The molecular weight excluding hydrogens is 474 g/mol. The van der Waals surface area contributed by atoms with Gasteiger partial charge in [-0.15, -0.1) is 0 Å². The van der Waals surface area contributed by atoms with Gasteiger partial charge in [-0.05, 0) is 23.5 Å². The number of carboxylic acid groups (broad SMARTS) is 1. The maximum Gasteiger partial charge on any atom is 0.326 e. The van der Waals surface area contributed by atoms with E-state index in [1.54, 1.807) is 13.8 Å². The van der Waals surface area contributed by atoms with E-state index in [1.165, 1.54) is 4.90 Å². The average molecular weight is 508 g/mol. The molecule has 2 rings (SSSR count). The van der Waals surface area contributed by atoms with Crippen molar-refractivity contribution in [2.24, 2.45) is 17.4 Å². The quantitative estimate of drug-likeness (QED) is 0.211. The number of fused-ring (bicyclic) bond motifs is 1. The van der Waals surface area contributed by atoms with Gasteiger partial charge < -0.3 is 32.1 Å². The van der Waals surface area contributed by atoms with Crippen LogP contribution in [0.4, 0.5) is 0 Å². The summed E-state index contributed by atoms with van der Waals surface area (Å²) in [6.07, 6.45) is -0.245. The molecule has 1 aliphatic rings. The Bertz CT molecular complexity index is 971. The lowest BCUT2D eigenvalue weighted by molar-refractivity contribution is -0.147. The van der Waals surface area contributed by atoms with Crippen molar-refractivity contribution in [3.05, 3.63) is 35.4 Å².